The van der Waals surface area contributed by atoms with Gasteiger partial charge in [-0.3, -0.25) is 4.79 Å². The molecule has 0 aliphatic rings. The lowest BCUT2D eigenvalue weighted by atomic mass is 10.1. The minimum Gasteiger partial charge on any atom is -0.377 e. The highest BCUT2D eigenvalue weighted by Crippen LogP contribution is 2.21. The van der Waals surface area contributed by atoms with Crippen molar-refractivity contribution in [3.8, 4) is 0 Å². The number of amides is 1. The first-order valence-corrected chi connectivity index (χ1v) is 7.33. The molecule has 0 bridgehead atoms. The molecule has 0 aliphatic carbocycles. The van der Waals surface area contributed by atoms with Gasteiger partial charge in [-0.1, -0.05) is 18.2 Å². The van der Waals surface area contributed by atoms with Crippen molar-refractivity contribution in [1.82, 2.24) is 0 Å². The SMILES string of the molecule is CCOCc1ccccc1NC(=O)c1ccc(F)cc1Br. The summed E-state index contributed by atoms with van der Waals surface area (Å²) in [5, 5.41) is 2.82. The van der Waals surface area contributed by atoms with Crippen LogP contribution in [0.2, 0.25) is 0 Å². The van der Waals surface area contributed by atoms with Crippen molar-refractivity contribution in [3.63, 3.8) is 0 Å². The van der Waals surface area contributed by atoms with Gasteiger partial charge in [0.15, 0.2) is 0 Å². The first-order valence-electron chi connectivity index (χ1n) is 6.54. The minimum absolute atomic E-state index is 0.300. The molecule has 2 rings (SSSR count). The van der Waals surface area contributed by atoms with Crippen molar-refractivity contribution in [2.45, 2.75) is 13.5 Å². The van der Waals surface area contributed by atoms with Crippen LogP contribution < -0.4 is 5.32 Å². The molecule has 0 atom stereocenters. The predicted molar refractivity (Wildman–Crippen MR) is 83.8 cm³/mol. The van der Waals surface area contributed by atoms with Crippen LogP contribution >= 0.6 is 15.9 Å². The quantitative estimate of drug-likeness (QED) is 0.868. The molecule has 0 aliphatic heterocycles. The van der Waals surface area contributed by atoms with Gasteiger partial charge in [0, 0.05) is 22.3 Å². The number of carbonyl (C=O) groups is 1. The summed E-state index contributed by atoms with van der Waals surface area (Å²) in [6.07, 6.45) is 0. The maximum Gasteiger partial charge on any atom is 0.256 e. The van der Waals surface area contributed by atoms with Gasteiger partial charge in [0.25, 0.3) is 5.91 Å². The van der Waals surface area contributed by atoms with E-state index in [9.17, 15) is 9.18 Å². The number of anilines is 1. The molecule has 0 saturated carbocycles. The van der Waals surface area contributed by atoms with Crippen molar-refractivity contribution in [3.05, 3.63) is 63.9 Å². The molecule has 0 spiro atoms. The molecule has 3 nitrogen and oxygen atoms in total. The van der Waals surface area contributed by atoms with Crippen molar-refractivity contribution in [2.75, 3.05) is 11.9 Å². The third-order valence-electron chi connectivity index (χ3n) is 2.90. The molecular formula is C16H15BrFNO2. The molecule has 0 saturated heterocycles. The maximum atomic E-state index is 13.1. The van der Waals surface area contributed by atoms with E-state index < -0.39 is 5.82 Å². The van der Waals surface area contributed by atoms with Crippen LogP contribution in [0.1, 0.15) is 22.8 Å². The molecule has 110 valence electrons. The van der Waals surface area contributed by atoms with Crippen LogP contribution in [-0.2, 0) is 11.3 Å². The maximum absolute atomic E-state index is 13.1. The highest BCUT2D eigenvalue weighted by molar-refractivity contribution is 9.10. The zero-order valence-electron chi connectivity index (χ0n) is 11.5. The summed E-state index contributed by atoms with van der Waals surface area (Å²) in [6.45, 7) is 2.94. The van der Waals surface area contributed by atoms with Crippen LogP contribution in [0.4, 0.5) is 10.1 Å². The molecule has 1 amide bonds. The van der Waals surface area contributed by atoms with Crippen LogP contribution in [0.3, 0.4) is 0 Å². The minimum atomic E-state index is -0.393. The highest BCUT2D eigenvalue weighted by Gasteiger charge is 2.12. The van der Waals surface area contributed by atoms with Crippen LogP contribution in [0.25, 0.3) is 0 Å². The number of benzene rings is 2. The van der Waals surface area contributed by atoms with E-state index in [1.54, 1.807) is 0 Å². The number of nitrogens with one attached hydrogen (secondary N) is 1. The zero-order valence-corrected chi connectivity index (χ0v) is 13.1. The second kappa shape index (κ2) is 7.33. The van der Waals surface area contributed by atoms with Gasteiger partial charge in [0.1, 0.15) is 5.82 Å². The molecule has 0 aromatic heterocycles. The largest absolute Gasteiger partial charge is 0.377 e. The Hall–Kier alpha value is -1.72. The number of hydrogen-bond donors (Lipinski definition) is 1. The summed E-state index contributed by atoms with van der Waals surface area (Å²) < 4.78 is 18.9. The van der Waals surface area contributed by atoms with E-state index in [-0.39, 0.29) is 5.91 Å². The van der Waals surface area contributed by atoms with Gasteiger partial charge < -0.3 is 10.1 Å². The standard InChI is InChI=1S/C16H15BrFNO2/c1-2-21-10-11-5-3-4-6-15(11)19-16(20)13-8-7-12(18)9-14(13)17/h3-9H,2,10H2,1H3,(H,19,20). The van der Waals surface area contributed by atoms with Crippen molar-refractivity contribution >= 4 is 27.5 Å². The summed E-state index contributed by atoms with van der Waals surface area (Å²) in [5.74, 6) is -0.694. The number of ether oxygens (including phenoxy) is 1. The van der Waals surface area contributed by atoms with Crippen molar-refractivity contribution in [1.29, 1.82) is 0 Å². The van der Waals surface area contributed by atoms with E-state index in [0.717, 1.165) is 5.56 Å². The average molecular weight is 352 g/mol. The Kier molecular flexibility index (Phi) is 5.47. The summed E-state index contributed by atoms with van der Waals surface area (Å²) in [4.78, 5) is 12.3. The van der Waals surface area contributed by atoms with E-state index >= 15 is 0 Å². The van der Waals surface area contributed by atoms with Gasteiger partial charge in [0.05, 0.1) is 12.2 Å². The lowest BCUT2D eigenvalue weighted by molar-refractivity contribution is 0.102. The van der Waals surface area contributed by atoms with Crippen LogP contribution in [0.15, 0.2) is 46.9 Å². The lowest BCUT2D eigenvalue weighted by Crippen LogP contribution is -2.14. The fourth-order valence-electron chi connectivity index (χ4n) is 1.84. The van der Waals surface area contributed by atoms with E-state index in [1.165, 1.54) is 18.2 Å². The number of hydrogen-bond acceptors (Lipinski definition) is 2. The summed E-state index contributed by atoms with van der Waals surface area (Å²) >= 11 is 3.20. The van der Waals surface area contributed by atoms with Crippen LogP contribution in [0, 0.1) is 5.82 Å². The monoisotopic (exact) mass is 351 g/mol. The molecule has 2 aromatic rings. The first-order chi connectivity index (χ1) is 10.1. The van der Waals surface area contributed by atoms with Gasteiger partial charge in [-0.05, 0) is 47.1 Å². The Morgan fingerprint density at radius 2 is 2.05 bits per heavy atom. The van der Waals surface area contributed by atoms with E-state index in [4.69, 9.17) is 4.74 Å². The predicted octanol–water partition coefficient (Wildman–Crippen LogP) is 4.38. The molecule has 0 fully saturated rings. The van der Waals surface area contributed by atoms with E-state index in [1.807, 2.05) is 31.2 Å². The molecule has 2 aromatic carbocycles. The Balaban J connectivity index is 2.19. The Bertz CT molecular complexity index is 646. The van der Waals surface area contributed by atoms with Crippen LogP contribution in [0.5, 0.6) is 0 Å². The molecule has 0 radical (unpaired) electrons. The van der Waals surface area contributed by atoms with Crippen LogP contribution in [-0.4, -0.2) is 12.5 Å². The summed E-state index contributed by atoms with van der Waals surface area (Å²) in [7, 11) is 0. The van der Waals surface area contributed by atoms with Gasteiger partial charge >= 0.3 is 0 Å². The van der Waals surface area contributed by atoms with E-state index in [0.29, 0.717) is 28.9 Å². The van der Waals surface area contributed by atoms with Crippen molar-refractivity contribution in [2.24, 2.45) is 0 Å². The normalized spacial score (nSPS) is 10.4. The smallest absolute Gasteiger partial charge is 0.256 e. The Morgan fingerprint density at radius 3 is 2.76 bits per heavy atom. The van der Waals surface area contributed by atoms with Gasteiger partial charge in [-0.15, -0.1) is 0 Å². The molecular weight excluding hydrogens is 337 g/mol. The van der Waals surface area contributed by atoms with E-state index in [2.05, 4.69) is 21.2 Å². The zero-order chi connectivity index (χ0) is 15.2. The molecule has 21 heavy (non-hydrogen) atoms. The third kappa shape index (κ3) is 4.12. The lowest BCUT2D eigenvalue weighted by Gasteiger charge is -2.11. The topological polar surface area (TPSA) is 38.3 Å². The average Bonchev–Trinajstić information content (AvgIpc) is 2.46. The first kappa shape index (κ1) is 15.7. The Morgan fingerprint density at radius 1 is 1.29 bits per heavy atom. The van der Waals surface area contributed by atoms with Gasteiger partial charge in [0.2, 0.25) is 0 Å². The summed E-state index contributed by atoms with van der Waals surface area (Å²) in [6, 6.07) is 11.4. The molecule has 0 heterocycles. The number of halogens is 2. The number of rotatable bonds is 5. The van der Waals surface area contributed by atoms with Crippen molar-refractivity contribution < 1.29 is 13.9 Å². The highest BCUT2D eigenvalue weighted by atomic mass is 79.9. The molecule has 0 unspecified atom stereocenters. The number of carbonyl (C=O) groups excluding carboxylic acids is 1. The van der Waals surface area contributed by atoms with Gasteiger partial charge in [-0.2, -0.15) is 0 Å². The third-order valence-corrected chi connectivity index (χ3v) is 3.56. The second-order valence-electron chi connectivity index (χ2n) is 4.37. The van der Waals surface area contributed by atoms with Gasteiger partial charge in [-0.25, -0.2) is 4.39 Å². The fourth-order valence-corrected chi connectivity index (χ4v) is 2.37. The second-order valence-corrected chi connectivity index (χ2v) is 5.23. The number of para-hydroxylation sites is 1. The Labute approximate surface area is 131 Å². The molecule has 1 N–H and O–H groups in total. The fraction of sp³-hybridized carbons (Fsp3) is 0.188. The molecule has 5 heteroatoms. The summed E-state index contributed by atoms with van der Waals surface area (Å²) in [5.41, 5.74) is 1.96.